The van der Waals surface area contributed by atoms with E-state index in [2.05, 4.69) is 19.2 Å². The molecule has 0 aliphatic carbocycles. The number of hydrogen-bond acceptors (Lipinski definition) is 3. The van der Waals surface area contributed by atoms with Gasteiger partial charge in [0.1, 0.15) is 0 Å². The summed E-state index contributed by atoms with van der Waals surface area (Å²) in [5.74, 6) is -0.241. The van der Waals surface area contributed by atoms with Crippen molar-refractivity contribution in [3.05, 3.63) is 0 Å². The second kappa shape index (κ2) is 8.94. The van der Waals surface area contributed by atoms with Gasteiger partial charge in [-0.15, -0.1) is 0 Å². The van der Waals surface area contributed by atoms with Crippen molar-refractivity contribution in [3.8, 4) is 0 Å². The van der Waals surface area contributed by atoms with Crippen LogP contribution in [0.2, 0.25) is 0 Å². The fourth-order valence-corrected chi connectivity index (χ4v) is 2.23. The second-order valence-electron chi connectivity index (χ2n) is 4.75. The molecule has 0 spiro atoms. The molecule has 4 nitrogen and oxygen atoms in total. The molecule has 0 saturated carbocycles. The molecule has 1 aliphatic heterocycles. The molecule has 0 aromatic heterocycles. The topological polar surface area (TPSA) is 55.4 Å². The van der Waals surface area contributed by atoms with E-state index in [0.717, 1.165) is 38.5 Å². The van der Waals surface area contributed by atoms with Crippen molar-refractivity contribution in [1.82, 2.24) is 5.32 Å². The number of carbonyl (C=O) groups excluding carboxylic acids is 2. The summed E-state index contributed by atoms with van der Waals surface area (Å²) in [6.07, 6.45) is 6.93. The van der Waals surface area contributed by atoms with E-state index >= 15 is 0 Å². The summed E-state index contributed by atoms with van der Waals surface area (Å²) >= 11 is 0. The standard InChI is InChI=1S/C13H23NO3.Na/c1-3-5-7-9-13(10-8-6-4-2)11(15)14-12(16)17-13;/h3-10H2,1-2H3,(H,14,15,16);/q;+1. The van der Waals surface area contributed by atoms with Gasteiger partial charge in [-0.25, -0.2) is 4.79 Å². The molecule has 98 valence electrons. The SMILES string of the molecule is CCCCCC1(CCCCC)OC(=O)NC1=O.[Na+]. The normalized spacial score (nSPS) is 17.0. The number of unbranched alkanes of at least 4 members (excludes halogenated alkanes) is 4. The van der Waals surface area contributed by atoms with E-state index in [0.29, 0.717) is 12.8 Å². The maximum Gasteiger partial charge on any atom is 1.00 e. The number of hydrogen-bond donors (Lipinski definition) is 1. The first-order valence-corrected chi connectivity index (χ1v) is 6.69. The molecule has 1 saturated heterocycles. The average Bonchev–Trinajstić information content (AvgIpc) is 2.55. The molecule has 0 bridgehead atoms. The van der Waals surface area contributed by atoms with E-state index in [1.807, 2.05) is 0 Å². The van der Waals surface area contributed by atoms with Gasteiger partial charge in [0.05, 0.1) is 0 Å². The van der Waals surface area contributed by atoms with Crippen molar-refractivity contribution in [2.24, 2.45) is 0 Å². The number of amides is 2. The van der Waals surface area contributed by atoms with Crippen LogP contribution in [0, 0.1) is 0 Å². The molecular weight excluding hydrogens is 241 g/mol. The van der Waals surface area contributed by atoms with Gasteiger partial charge >= 0.3 is 35.7 Å². The molecule has 2 amide bonds. The molecular formula is C13H23NNaO3+. The van der Waals surface area contributed by atoms with Gasteiger partial charge in [0.15, 0.2) is 5.60 Å². The summed E-state index contributed by atoms with van der Waals surface area (Å²) in [6, 6.07) is 0. The number of cyclic esters (lactones) is 1. The van der Waals surface area contributed by atoms with E-state index in [9.17, 15) is 9.59 Å². The zero-order valence-corrected chi connectivity index (χ0v) is 13.9. The molecule has 0 aromatic carbocycles. The Kier molecular flexibility index (Phi) is 8.91. The van der Waals surface area contributed by atoms with E-state index < -0.39 is 11.7 Å². The summed E-state index contributed by atoms with van der Waals surface area (Å²) in [6.45, 7) is 4.23. The molecule has 1 N–H and O–H groups in total. The van der Waals surface area contributed by atoms with Gasteiger partial charge in [-0.3, -0.25) is 10.1 Å². The number of alkyl carbamates (subject to hydrolysis) is 1. The quantitative estimate of drug-likeness (QED) is 0.502. The Hall–Kier alpha value is -0.0600. The molecule has 0 atom stereocenters. The molecule has 1 aliphatic rings. The Morgan fingerprint density at radius 3 is 1.83 bits per heavy atom. The second-order valence-corrected chi connectivity index (χ2v) is 4.75. The van der Waals surface area contributed by atoms with E-state index in [-0.39, 0.29) is 35.5 Å². The van der Waals surface area contributed by atoms with E-state index in [1.165, 1.54) is 0 Å². The molecule has 5 heteroatoms. The zero-order chi connectivity index (χ0) is 12.7. The fraction of sp³-hybridized carbons (Fsp3) is 0.846. The number of nitrogens with one attached hydrogen (secondary N) is 1. The average molecular weight is 264 g/mol. The Morgan fingerprint density at radius 1 is 1.00 bits per heavy atom. The molecule has 0 radical (unpaired) electrons. The van der Waals surface area contributed by atoms with Crippen LogP contribution >= 0.6 is 0 Å². The summed E-state index contributed by atoms with van der Waals surface area (Å²) in [5.41, 5.74) is -0.874. The van der Waals surface area contributed by atoms with Crippen LogP contribution in [0.4, 0.5) is 4.79 Å². The third-order valence-electron chi connectivity index (χ3n) is 3.29. The summed E-state index contributed by atoms with van der Waals surface area (Å²) in [4.78, 5) is 23.0. The molecule has 1 heterocycles. The first kappa shape index (κ1) is 17.9. The molecule has 1 rings (SSSR count). The minimum Gasteiger partial charge on any atom is -0.432 e. The molecule has 1 fully saturated rings. The monoisotopic (exact) mass is 264 g/mol. The van der Waals surface area contributed by atoms with Crippen molar-refractivity contribution in [3.63, 3.8) is 0 Å². The van der Waals surface area contributed by atoms with Crippen LogP contribution in [0.25, 0.3) is 0 Å². The minimum absolute atomic E-state index is 0. The van der Waals surface area contributed by atoms with Crippen molar-refractivity contribution in [1.29, 1.82) is 0 Å². The smallest absolute Gasteiger partial charge is 0.432 e. The van der Waals surface area contributed by atoms with Gasteiger partial charge in [0, 0.05) is 0 Å². The molecule has 0 aromatic rings. The predicted octanol–water partition coefficient (Wildman–Crippen LogP) is 0.156. The van der Waals surface area contributed by atoms with Crippen molar-refractivity contribution in [2.45, 2.75) is 70.8 Å². The number of imide groups is 1. The van der Waals surface area contributed by atoms with E-state index in [1.54, 1.807) is 0 Å². The van der Waals surface area contributed by atoms with Crippen LogP contribution in [0.1, 0.15) is 65.2 Å². The van der Waals surface area contributed by atoms with Crippen LogP contribution in [-0.4, -0.2) is 17.6 Å². The van der Waals surface area contributed by atoms with Gasteiger partial charge in [0.2, 0.25) is 0 Å². The van der Waals surface area contributed by atoms with Crippen molar-refractivity contribution in [2.75, 3.05) is 0 Å². The van der Waals surface area contributed by atoms with Gasteiger partial charge in [0.25, 0.3) is 5.91 Å². The maximum atomic E-state index is 11.8. The zero-order valence-electron chi connectivity index (χ0n) is 11.9. The Labute approximate surface area is 132 Å². The van der Waals surface area contributed by atoms with Gasteiger partial charge < -0.3 is 4.74 Å². The first-order valence-electron chi connectivity index (χ1n) is 6.69. The number of rotatable bonds is 8. The molecule has 18 heavy (non-hydrogen) atoms. The molecule has 0 unspecified atom stereocenters. The van der Waals surface area contributed by atoms with Crippen LogP contribution in [-0.2, 0) is 9.53 Å². The number of ether oxygens (including phenoxy) is 1. The van der Waals surface area contributed by atoms with Crippen LogP contribution in [0.15, 0.2) is 0 Å². The van der Waals surface area contributed by atoms with E-state index in [4.69, 9.17) is 4.74 Å². The largest absolute Gasteiger partial charge is 1.00 e. The predicted molar refractivity (Wildman–Crippen MR) is 65.6 cm³/mol. The Morgan fingerprint density at radius 2 is 1.50 bits per heavy atom. The minimum atomic E-state index is -0.874. The maximum absolute atomic E-state index is 11.8. The summed E-state index contributed by atoms with van der Waals surface area (Å²) in [5, 5.41) is 2.26. The summed E-state index contributed by atoms with van der Waals surface area (Å²) in [7, 11) is 0. The van der Waals surface area contributed by atoms with Gasteiger partial charge in [-0.05, 0) is 25.7 Å². The van der Waals surface area contributed by atoms with Crippen LogP contribution in [0.3, 0.4) is 0 Å². The van der Waals surface area contributed by atoms with Crippen LogP contribution in [0.5, 0.6) is 0 Å². The fourth-order valence-electron chi connectivity index (χ4n) is 2.23. The van der Waals surface area contributed by atoms with Gasteiger partial charge in [-0.2, -0.15) is 0 Å². The first-order chi connectivity index (χ1) is 8.14. The third-order valence-corrected chi connectivity index (χ3v) is 3.29. The van der Waals surface area contributed by atoms with Crippen molar-refractivity contribution >= 4 is 12.0 Å². The van der Waals surface area contributed by atoms with Gasteiger partial charge in [-0.1, -0.05) is 39.5 Å². The van der Waals surface area contributed by atoms with Crippen LogP contribution < -0.4 is 34.9 Å². The number of carbonyl (C=O) groups is 2. The third kappa shape index (κ3) is 4.90. The Balaban J connectivity index is 0.00000289. The Bertz CT molecular complexity index is 271. The van der Waals surface area contributed by atoms with Crippen molar-refractivity contribution < 1.29 is 43.9 Å². The summed E-state index contributed by atoms with van der Waals surface area (Å²) < 4.78 is 5.25.